The number of carbonyl (C=O) groups excluding carboxylic acids is 2. The van der Waals surface area contributed by atoms with Gasteiger partial charge in [0.15, 0.2) is 0 Å². The highest BCUT2D eigenvalue weighted by Gasteiger charge is 2.34. The first-order chi connectivity index (χ1) is 11.1. The lowest BCUT2D eigenvalue weighted by Crippen LogP contribution is -2.28. The summed E-state index contributed by atoms with van der Waals surface area (Å²) in [6.07, 6.45) is 1.97. The van der Waals surface area contributed by atoms with Crippen molar-refractivity contribution in [2.45, 2.75) is 26.2 Å². The fourth-order valence-corrected chi connectivity index (χ4v) is 2.70. The number of carbonyl (C=O) groups is 2. The van der Waals surface area contributed by atoms with Crippen molar-refractivity contribution < 1.29 is 9.59 Å². The molecule has 1 heterocycles. The van der Waals surface area contributed by atoms with E-state index in [9.17, 15) is 9.59 Å². The summed E-state index contributed by atoms with van der Waals surface area (Å²) >= 11 is 0. The maximum absolute atomic E-state index is 12.5. The first-order valence-corrected chi connectivity index (χ1v) is 7.79. The first-order valence-electron chi connectivity index (χ1n) is 7.79. The monoisotopic (exact) mass is 305 g/mol. The number of nitrogens with zero attached hydrogens (tertiary/aromatic N) is 1. The number of para-hydroxylation sites is 1. The Kier molecular flexibility index (Phi) is 4.11. The quantitative estimate of drug-likeness (QED) is 0.631. The van der Waals surface area contributed by atoms with Crippen LogP contribution in [0.5, 0.6) is 0 Å². The molecule has 0 bridgehead atoms. The zero-order valence-electron chi connectivity index (χ0n) is 13.3. The highest BCUT2D eigenvalue weighted by atomic mass is 16.2. The van der Waals surface area contributed by atoms with E-state index in [1.54, 1.807) is 12.1 Å². The normalized spacial score (nSPS) is 16.7. The van der Waals surface area contributed by atoms with Gasteiger partial charge < -0.3 is 0 Å². The molecule has 0 radical (unpaired) electrons. The molecule has 116 valence electrons. The van der Waals surface area contributed by atoms with Crippen LogP contribution in [0, 0.1) is 0 Å². The van der Waals surface area contributed by atoms with Crippen molar-refractivity contribution in [3.8, 4) is 0 Å². The average molecular weight is 305 g/mol. The van der Waals surface area contributed by atoms with Crippen LogP contribution in [0.3, 0.4) is 0 Å². The molecule has 0 unspecified atom stereocenters. The maximum Gasteiger partial charge on any atom is 0.261 e. The summed E-state index contributed by atoms with van der Waals surface area (Å²) in [5, 5.41) is 0. The van der Waals surface area contributed by atoms with E-state index in [0.717, 1.165) is 5.56 Å². The van der Waals surface area contributed by atoms with E-state index in [-0.39, 0.29) is 18.2 Å². The Labute approximate surface area is 136 Å². The highest BCUT2D eigenvalue weighted by Crippen LogP contribution is 2.27. The zero-order chi connectivity index (χ0) is 16.4. The van der Waals surface area contributed by atoms with Gasteiger partial charge in [-0.15, -0.1) is 0 Å². The summed E-state index contributed by atoms with van der Waals surface area (Å²) in [6.45, 7) is 4.29. The molecular formula is C20H19NO2. The van der Waals surface area contributed by atoms with Crippen LogP contribution < -0.4 is 4.90 Å². The predicted molar refractivity (Wildman–Crippen MR) is 92.1 cm³/mol. The van der Waals surface area contributed by atoms with Gasteiger partial charge in [0.25, 0.3) is 5.91 Å². The SMILES string of the molecule is CC(C)c1ccc(/C=C2\CC(=O)N(c3ccccc3)C2=O)cc1. The standard InChI is InChI=1S/C20H19NO2/c1-14(2)16-10-8-15(9-11-16)12-17-13-19(22)21(20(17)23)18-6-4-3-5-7-18/h3-12,14H,13H2,1-2H3/b17-12+. The Bertz CT molecular complexity index is 758. The lowest BCUT2D eigenvalue weighted by Gasteiger charge is -2.12. The van der Waals surface area contributed by atoms with Gasteiger partial charge in [0, 0.05) is 5.57 Å². The smallest absolute Gasteiger partial charge is 0.261 e. The predicted octanol–water partition coefficient (Wildman–Crippen LogP) is 4.16. The lowest BCUT2D eigenvalue weighted by molar-refractivity contribution is -0.120. The van der Waals surface area contributed by atoms with E-state index in [1.807, 2.05) is 36.4 Å². The van der Waals surface area contributed by atoms with E-state index >= 15 is 0 Å². The second kappa shape index (κ2) is 6.21. The summed E-state index contributed by atoms with van der Waals surface area (Å²) in [5.74, 6) is 0.0698. The number of benzene rings is 2. The minimum atomic E-state index is -0.228. The van der Waals surface area contributed by atoms with Gasteiger partial charge in [0.05, 0.1) is 12.1 Å². The molecule has 2 aromatic carbocycles. The van der Waals surface area contributed by atoms with Gasteiger partial charge in [-0.25, -0.2) is 4.90 Å². The molecule has 2 amide bonds. The number of hydrogen-bond acceptors (Lipinski definition) is 2. The van der Waals surface area contributed by atoms with Gasteiger partial charge in [0.2, 0.25) is 5.91 Å². The third-order valence-corrected chi connectivity index (χ3v) is 4.03. The van der Waals surface area contributed by atoms with Gasteiger partial charge in [-0.05, 0) is 35.3 Å². The Morgan fingerprint density at radius 3 is 2.22 bits per heavy atom. The molecular weight excluding hydrogens is 286 g/mol. The van der Waals surface area contributed by atoms with Crippen molar-refractivity contribution in [1.29, 1.82) is 0 Å². The Morgan fingerprint density at radius 2 is 1.61 bits per heavy atom. The summed E-state index contributed by atoms with van der Waals surface area (Å²) in [7, 11) is 0. The van der Waals surface area contributed by atoms with Gasteiger partial charge in [0.1, 0.15) is 0 Å². The summed E-state index contributed by atoms with van der Waals surface area (Å²) in [5.41, 5.74) is 3.37. The molecule has 0 aromatic heterocycles. The zero-order valence-corrected chi connectivity index (χ0v) is 13.3. The topological polar surface area (TPSA) is 37.4 Å². The van der Waals surface area contributed by atoms with Crippen molar-refractivity contribution in [2.75, 3.05) is 4.90 Å². The van der Waals surface area contributed by atoms with Crippen LogP contribution >= 0.6 is 0 Å². The van der Waals surface area contributed by atoms with E-state index in [0.29, 0.717) is 17.2 Å². The summed E-state index contributed by atoms with van der Waals surface area (Å²) in [4.78, 5) is 26.0. The molecule has 0 aliphatic carbocycles. The third kappa shape index (κ3) is 3.09. The number of hydrogen-bond donors (Lipinski definition) is 0. The second-order valence-corrected chi connectivity index (χ2v) is 6.04. The van der Waals surface area contributed by atoms with E-state index in [4.69, 9.17) is 0 Å². The minimum Gasteiger partial charge on any atom is -0.274 e. The Balaban J connectivity index is 1.87. The van der Waals surface area contributed by atoms with Crippen molar-refractivity contribution >= 4 is 23.6 Å². The lowest BCUT2D eigenvalue weighted by atomic mass is 10.0. The molecule has 1 saturated heterocycles. The average Bonchev–Trinajstić information content (AvgIpc) is 2.82. The fourth-order valence-electron chi connectivity index (χ4n) is 2.70. The van der Waals surface area contributed by atoms with Crippen LogP contribution in [-0.2, 0) is 9.59 Å². The van der Waals surface area contributed by atoms with Crippen molar-refractivity contribution in [3.63, 3.8) is 0 Å². The number of amides is 2. The van der Waals surface area contributed by atoms with Gasteiger partial charge >= 0.3 is 0 Å². The highest BCUT2D eigenvalue weighted by molar-refractivity contribution is 6.29. The summed E-state index contributed by atoms with van der Waals surface area (Å²) < 4.78 is 0. The van der Waals surface area contributed by atoms with E-state index in [2.05, 4.69) is 26.0 Å². The molecule has 3 nitrogen and oxygen atoms in total. The Morgan fingerprint density at radius 1 is 0.957 bits per heavy atom. The second-order valence-electron chi connectivity index (χ2n) is 6.04. The molecule has 1 fully saturated rings. The Hall–Kier alpha value is -2.68. The van der Waals surface area contributed by atoms with Crippen LogP contribution in [0.4, 0.5) is 5.69 Å². The molecule has 0 spiro atoms. The van der Waals surface area contributed by atoms with Gasteiger partial charge in [-0.3, -0.25) is 9.59 Å². The molecule has 1 aliphatic heterocycles. The molecule has 0 N–H and O–H groups in total. The number of anilines is 1. The van der Waals surface area contributed by atoms with Gasteiger partial charge in [-0.2, -0.15) is 0 Å². The molecule has 0 saturated carbocycles. The van der Waals surface area contributed by atoms with E-state index < -0.39 is 0 Å². The molecule has 2 aromatic rings. The van der Waals surface area contributed by atoms with Crippen LogP contribution in [0.2, 0.25) is 0 Å². The van der Waals surface area contributed by atoms with Crippen molar-refractivity contribution in [1.82, 2.24) is 0 Å². The maximum atomic E-state index is 12.5. The van der Waals surface area contributed by atoms with Crippen LogP contribution in [0.25, 0.3) is 6.08 Å². The molecule has 23 heavy (non-hydrogen) atoms. The number of rotatable bonds is 3. The van der Waals surface area contributed by atoms with Crippen molar-refractivity contribution in [3.05, 3.63) is 71.3 Å². The fraction of sp³-hybridized carbons (Fsp3) is 0.200. The molecule has 1 aliphatic rings. The van der Waals surface area contributed by atoms with Gasteiger partial charge in [-0.1, -0.05) is 56.3 Å². The van der Waals surface area contributed by atoms with Crippen LogP contribution in [-0.4, -0.2) is 11.8 Å². The van der Waals surface area contributed by atoms with Crippen LogP contribution in [0.1, 0.15) is 37.3 Å². The molecule has 3 heteroatoms. The first kappa shape index (κ1) is 15.2. The molecule has 0 atom stereocenters. The molecule has 3 rings (SSSR count). The van der Waals surface area contributed by atoms with Crippen LogP contribution in [0.15, 0.2) is 60.2 Å². The largest absolute Gasteiger partial charge is 0.274 e. The summed E-state index contributed by atoms with van der Waals surface area (Å²) in [6, 6.07) is 17.2. The number of imide groups is 1. The van der Waals surface area contributed by atoms with Crippen molar-refractivity contribution in [2.24, 2.45) is 0 Å². The third-order valence-electron chi connectivity index (χ3n) is 4.03. The van der Waals surface area contributed by atoms with E-state index in [1.165, 1.54) is 10.5 Å². The minimum absolute atomic E-state index is 0.152.